The number of hydrogen-bond donors (Lipinski definition) is 2. The van der Waals surface area contributed by atoms with E-state index in [1.54, 1.807) is 0 Å². The summed E-state index contributed by atoms with van der Waals surface area (Å²) in [5.41, 5.74) is 1.50. The Bertz CT molecular complexity index is 472. The summed E-state index contributed by atoms with van der Waals surface area (Å²) in [4.78, 5) is 14.2. The van der Waals surface area contributed by atoms with Crippen molar-refractivity contribution in [2.75, 3.05) is 19.6 Å². The summed E-state index contributed by atoms with van der Waals surface area (Å²) in [5, 5.41) is 6.32. The topological polar surface area (TPSA) is 44.4 Å². The lowest BCUT2D eigenvalue weighted by Crippen LogP contribution is -2.40. The number of hydrogen-bond acceptors (Lipinski definition) is 3. The molecule has 1 unspecified atom stereocenters. The number of rotatable bonds is 7. The molecule has 4 heteroatoms. The van der Waals surface area contributed by atoms with Crippen LogP contribution < -0.4 is 10.6 Å². The molecule has 1 saturated heterocycles. The van der Waals surface area contributed by atoms with E-state index in [0.29, 0.717) is 12.6 Å². The van der Waals surface area contributed by atoms with Gasteiger partial charge in [0.15, 0.2) is 0 Å². The van der Waals surface area contributed by atoms with Gasteiger partial charge in [0.05, 0.1) is 6.54 Å². The zero-order chi connectivity index (χ0) is 16.0. The highest BCUT2D eigenvalue weighted by Crippen LogP contribution is 2.30. The number of nitrogens with one attached hydrogen (secondary N) is 2. The van der Waals surface area contributed by atoms with E-state index in [2.05, 4.69) is 66.6 Å². The van der Waals surface area contributed by atoms with E-state index in [1.807, 2.05) is 0 Å². The normalized spacial score (nSPS) is 21.0. The van der Waals surface area contributed by atoms with Crippen LogP contribution in [-0.4, -0.2) is 42.0 Å². The van der Waals surface area contributed by atoms with E-state index in [-0.39, 0.29) is 11.4 Å². The molecule has 1 fully saturated rings. The monoisotopic (exact) mass is 303 g/mol. The summed E-state index contributed by atoms with van der Waals surface area (Å²) >= 11 is 0. The lowest BCUT2D eigenvalue weighted by atomic mass is 10.00. The highest BCUT2D eigenvalue weighted by molar-refractivity contribution is 5.77. The number of likely N-dealkylation sites (tertiary alicyclic amines) is 1. The fraction of sp³-hybridized carbons (Fsp3) is 0.611. The first-order valence-electron chi connectivity index (χ1n) is 8.30. The van der Waals surface area contributed by atoms with Gasteiger partial charge in [0.25, 0.3) is 0 Å². The van der Waals surface area contributed by atoms with Crippen molar-refractivity contribution >= 4 is 5.91 Å². The summed E-state index contributed by atoms with van der Waals surface area (Å²) in [7, 11) is 0. The maximum absolute atomic E-state index is 11.7. The van der Waals surface area contributed by atoms with Gasteiger partial charge in [0, 0.05) is 31.2 Å². The second-order valence-electron chi connectivity index (χ2n) is 6.81. The van der Waals surface area contributed by atoms with Crippen molar-refractivity contribution in [1.82, 2.24) is 15.5 Å². The summed E-state index contributed by atoms with van der Waals surface area (Å²) in [5.74, 6) is 0.0983. The van der Waals surface area contributed by atoms with E-state index in [1.165, 1.54) is 5.56 Å². The Hall–Kier alpha value is -1.39. The largest absolute Gasteiger partial charge is 0.355 e. The van der Waals surface area contributed by atoms with Crippen molar-refractivity contribution in [2.45, 2.75) is 51.7 Å². The second-order valence-corrected chi connectivity index (χ2v) is 6.81. The molecule has 2 N–H and O–H groups in total. The van der Waals surface area contributed by atoms with Crippen molar-refractivity contribution in [3.05, 3.63) is 35.9 Å². The second kappa shape index (κ2) is 7.75. The minimum atomic E-state index is 0.0983. The fourth-order valence-corrected chi connectivity index (χ4v) is 3.09. The molecule has 1 aliphatic rings. The van der Waals surface area contributed by atoms with E-state index < -0.39 is 0 Å². The molecule has 2 rings (SSSR count). The van der Waals surface area contributed by atoms with E-state index in [4.69, 9.17) is 0 Å². The molecule has 0 saturated carbocycles. The molecule has 122 valence electrons. The number of nitrogens with zero attached hydrogens (tertiary/aromatic N) is 1. The summed E-state index contributed by atoms with van der Waals surface area (Å²) in [6, 6.07) is 11.0. The van der Waals surface area contributed by atoms with Gasteiger partial charge in [-0.2, -0.15) is 0 Å². The first kappa shape index (κ1) is 17.0. The first-order valence-corrected chi connectivity index (χ1v) is 8.30. The molecule has 0 aromatic heterocycles. The van der Waals surface area contributed by atoms with Crippen molar-refractivity contribution < 1.29 is 4.79 Å². The Labute approximate surface area is 134 Å². The maximum Gasteiger partial charge on any atom is 0.233 e. The van der Waals surface area contributed by atoms with Crippen molar-refractivity contribution in [2.24, 2.45) is 0 Å². The molecular formula is C18H29N3O. The zero-order valence-electron chi connectivity index (χ0n) is 14.1. The van der Waals surface area contributed by atoms with Crippen molar-refractivity contribution in [3.8, 4) is 0 Å². The Morgan fingerprint density at radius 3 is 2.73 bits per heavy atom. The van der Waals surface area contributed by atoms with Crippen LogP contribution >= 0.6 is 0 Å². The van der Waals surface area contributed by atoms with Gasteiger partial charge in [-0.05, 0) is 32.3 Å². The van der Waals surface area contributed by atoms with Crippen LogP contribution in [0.5, 0.6) is 0 Å². The predicted octanol–water partition coefficient (Wildman–Crippen LogP) is 2.16. The zero-order valence-corrected chi connectivity index (χ0v) is 14.1. The van der Waals surface area contributed by atoms with Gasteiger partial charge in [-0.15, -0.1) is 0 Å². The lowest BCUT2D eigenvalue weighted by molar-refractivity contribution is -0.120. The lowest BCUT2D eigenvalue weighted by Gasteiger charge is -2.31. The molecule has 22 heavy (non-hydrogen) atoms. The highest BCUT2D eigenvalue weighted by Gasteiger charge is 2.37. The summed E-state index contributed by atoms with van der Waals surface area (Å²) in [6.07, 6.45) is 2.05. The van der Waals surface area contributed by atoms with Crippen LogP contribution in [0.2, 0.25) is 0 Å². The quantitative estimate of drug-likeness (QED) is 0.811. The highest BCUT2D eigenvalue weighted by atomic mass is 16.1. The van der Waals surface area contributed by atoms with Crippen LogP contribution in [0.4, 0.5) is 0 Å². The Kier molecular flexibility index (Phi) is 5.98. The molecule has 1 aromatic rings. The fourth-order valence-electron chi connectivity index (χ4n) is 3.09. The third-order valence-corrected chi connectivity index (χ3v) is 4.38. The summed E-state index contributed by atoms with van der Waals surface area (Å²) < 4.78 is 0. The smallest absolute Gasteiger partial charge is 0.233 e. The van der Waals surface area contributed by atoms with Gasteiger partial charge >= 0.3 is 0 Å². The molecule has 0 aliphatic carbocycles. The molecular weight excluding hydrogens is 274 g/mol. The van der Waals surface area contributed by atoms with Crippen LogP contribution in [0.1, 0.15) is 39.2 Å². The number of benzene rings is 1. The maximum atomic E-state index is 11.7. The molecule has 1 amide bonds. The minimum Gasteiger partial charge on any atom is -0.355 e. The first-order chi connectivity index (χ1) is 10.5. The molecule has 1 atom stereocenters. The average Bonchev–Trinajstić information content (AvgIpc) is 2.78. The third-order valence-electron chi connectivity index (χ3n) is 4.38. The number of carbonyl (C=O) groups is 1. The molecule has 0 radical (unpaired) electrons. The van der Waals surface area contributed by atoms with Gasteiger partial charge in [0.1, 0.15) is 0 Å². The van der Waals surface area contributed by atoms with E-state index in [9.17, 15) is 4.79 Å². The molecule has 1 aromatic carbocycles. The van der Waals surface area contributed by atoms with Crippen LogP contribution in [0, 0.1) is 0 Å². The molecule has 0 spiro atoms. The van der Waals surface area contributed by atoms with Gasteiger partial charge in [0.2, 0.25) is 5.91 Å². The van der Waals surface area contributed by atoms with Crippen LogP contribution in [0.25, 0.3) is 0 Å². The molecule has 1 heterocycles. The van der Waals surface area contributed by atoms with Gasteiger partial charge in [-0.3, -0.25) is 9.69 Å². The predicted molar refractivity (Wildman–Crippen MR) is 90.6 cm³/mol. The van der Waals surface area contributed by atoms with Gasteiger partial charge in [-0.1, -0.05) is 37.3 Å². The Morgan fingerprint density at radius 2 is 2.05 bits per heavy atom. The summed E-state index contributed by atoms with van der Waals surface area (Å²) in [6.45, 7) is 9.77. The molecule has 4 nitrogen and oxygen atoms in total. The standard InChI is InChI=1S/C18H29N3O/c1-4-10-19-17(22)12-20-16-11-18(2,3)21(14-16)13-15-8-6-5-7-9-15/h5-9,16,20H,4,10-14H2,1-3H3,(H,19,22). The molecule has 1 aliphatic heterocycles. The number of amides is 1. The van der Waals surface area contributed by atoms with Gasteiger partial charge < -0.3 is 10.6 Å². The average molecular weight is 303 g/mol. The Balaban J connectivity index is 1.83. The van der Waals surface area contributed by atoms with E-state index >= 15 is 0 Å². The van der Waals surface area contributed by atoms with Gasteiger partial charge in [-0.25, -0.2) is 0 Å². The minimum absolute atomic E-state index is 0.0983. The SMILES string of the molecule is CCCNC(=O)CNC1CN(Cc2ccccc2)C(C)(C)C1. The Morgan fingerprint density at radius 1 is 1.32 bits per heavy atom. The van der Waals surface area contributed by atoms with E-state index in [0.717, 1.165) is 32.5 Å². The van der Waals surface area contributed by atoms with Crippen LogP contribution in [0.15, 0.2) is 30.3 Å². The van der Waals surface area contributed by atoms with Crippen molar-refractivity contribution in [3.63, 3.8) is 0 Å². The van der Waals surface area contributed by atoms with Crippen molar-refractivity contribution in [1.29, 1.82) is 0 Å². The van der Waals surface area contributed by atoms with Crippen LogP contribution in [0.3, 0.4) is 0 Å². The molecule has 0 bridgehead atoms. The third kappa shape index (κ3) is 4.82. The number of carbonyl (C=O) groups excluding carboxylic acids is 1. The van der Waals surface area contributed by atoms with Crippen LogP contribution in [-0.2, 0) is 11.3 Å².